The Bertz CT molecular complexity index is 1100. The van der Waals surface area contributed by atoms with Crippen molar-refractivity contribution in [3.8, 4) is 11.5 Å². The van der Waals surface area contributed by atoms with Crippen molar-refractivity contribution < 1.29 is 23.5 Å². The van der Waals surface area contributed by atoms with Crippen molar-refractivity contribution in [3.05, 3.63) is 90.2 Å². The third-order valence-electron chi connectivity index (χ3n) is 4.69. The van der Waals surface area contributed by atoms with E-state index in [1.165, 1.54) is 12.1 Å². The lowest BCUT2D eigenvalue weighted by Crippen LogP contribution is -2.48. The Kier molecular flexibility index (Phi) is 5.72. The Hall–Kier alpha value is -4.04. The lowest BCUT2D eigenvalue weighted by atomic mass is 10.2. The number of nitrogens with one attached hydrogen (secondary N) is 2. The summed E-state index contributed by atoms with van der Waals surface area (Å²) in [5.41, 5.74) is 5.60. The number of ether oxygens (including phenoxy) is 1. The topological polar surface area (TPSA) is 87.7 Å². The highest BCUT2D eigenvalue weighted by atomic mass is 19.1. The van der Waals surface area contributed by atoms with E-state index in [-0.39, 0.29) is 12.0 Å². The number of hydrogen-bond acceptors (Lipinski definition) is 5. The van der Waals surface area contributed by atoms with Gasteiger partial charge >= 0.3 is 0 Å². The van der Waals surface area contributed by atoms with E-state index in [9.17, 15) is 18.8 Å². The molecule has 156 valence electrons. The van der Waals surface area contributed by atoms with Gasteiger partial charge in [-0.1, -0.05) is 18.2 Å². The third kappa shape index (κ3) is 4.59. The van der Waals surface area contributed by atoms with Crippen LogP contribution in [0.15, 0.2) is 78.9 Å². The van der Waals surface area contributed by atoms with Gasteiger partial charge in [-0.15, -0.1) is 0 Å². The molecule has 0 radical (unpaired) electrons. The zero-order valence-corrected chi connectivity index (χ0v) is 16.2. The van der Waals surface area contributed by atoms with E-state index in [1.54, 1.807) is 24.3 Å². The largest absolute Gasteiger partial charge is 0.457 e. The number of anilines is 1. The summed E-state index contributed by atoms with van der Waals surface area (Å²) in [7, 11) is 0. The van der Waals surface area contributed by atoms with E-state index >= 15 is 0 Å². The van der Waals surface area contributed by atoms with Gasteiger partial charge < -0.3 is 4.74 Å². The Morgan fingerprint density at radius 1 is 0.903 bits per heavy atom. The van der Waals surface area contributed by atoms with E-state index in [1.807, 2.05) is 30.3 Å². The molecule has 0 aromatic heterocycles. The predicted molar refractivity (Wildman–Crippen MR) is 111 cm³/mol. The molecule has 3 aromatic rings. The number of halogens is 1. The lowest BCUT2D eigenvalue weighted by Gasteiger charge is -2.16. The van der Waals surface area contributed by atoms with Crippen molar-refractivity contribution in [2.24, 2.45) is 0 Å². The SMILES string of the molecule is O=C(NN[C@@H]1CC(=O)N(c2ccc(Oc3ccccc3)cc2)C1=O)c1ccc(F)cc1. The van der Waals surface area contributed by atoms with E-state index in [4.69, 9.17) is 4.74 Å². The second-order valence-electron chi connectivity index (χ2n) is 6.84. The van der Waals surface area contributed by atoms with Gasteiger partial charge in [0.05, 0.1) is 12.1 Å². The predicted octanol–water partition coefficient (Wildman–Crippen LogP) is 3.18. The standard InChI is InChI=1S/C23H18FN3O4/c24-16-8-6-15(7-9-16)22(29)26-25-20-14-21(28)27(23(20)30)17-10-12-19(13-11-17)31-18-4-2-1-3-5-18/h1-13,20,25H,14H2,(H,26,29)/t20-/m1/s1. The van der Waals surface area contributed by atoms with Crippen LogP contribution in [-0.4, -0.2) is 23.8 Å². The molecule has 0 saturated carbocycles. The van der Waals surface area contributed by atoms with Crippen LogP contribution in [-0.2, 0) is 9.59 Å². The number of imide groups is 1. The number of hydrazine groups is 1. The van der Waals surface area contributed by atoms with Crippen molar-refractivity contribution >= 4 is 23.4 Å². The molecule has 1 heterocycles. The lowest BCUT2D eigenvalue weighted by molar-refractivity contribution is -0.121. The number of benzene rings is 3. The van der Waals surface area contributed by atoms with Crippen LogP contribution in [0.4, 0.5) is 10.1 Å². The quantitative estimate of drug-likeness (QED) is 0.473. The second kappa shape index (κ2) is 8.76. The monoisotopic (exact) mass is 419 g/mol. The summed E-state index contributed by atoms with van der Waals surface area (Å²) >= 11 is 0. The minimum Gasteiger partial charge on any atom is -0.457 e. The number of hydrogen-bond donors (Lipinski definition) is 2. The Balaban J connectivity index is 1.38. The molecule has 2 N–H and O–H groups in total. The van der Waals surface area contributed by atoms with Crippen molar-refractivity contribution in [2.45, 2.75) is 12.5 Å². The molecule has 0 aliphatic carbocycles. The molecule has 0 unspecified atom stereocenters. The molecule has 1 saturated heterocycles. The fourth-order valence-corrected chi connectivity index (χ4v) is 3.13. The second-order valence-corrected chi connectivity index (χ2v) is 6.84. The first-order chi connectivity index (χ1) is 15.0. The maximum absolute atomic E-state index is 13.0. The minimum absolute atomic E-state index is 0.106. The van der Waals surface area contributed by atoms with Crippen LogP contribution < -0.4 is 20.5 Å². The van der Waals surface area contributed by atoms with Crippen LogP contribution in [0, 0.1) is 5.82 Å². The van der Waals surface area contributed by atoms with Gasteiger partial charge in [0.1, 0.15) is 23.4 Å². The van der Waals surface area contributed by atoms with Gasteiger partial charge in [-0.05, 0) is 60.7 Å². The molecule has 8 heteroatoms. The fraction of sp³-hybridized carbons (Fsp3) is 0.0870. The first-order valence-corrected chi connectivity index (χ1v) is 9.52. The fourth-order valence-electron chi connectivity index (χ4n) is 3.13. The summed E-state index contributed by atoms with van der Waals surface area (Å²) in [5.74, 6) is -0.644. The minimum atomic E-state index is -0.905. The van der Waals surface area contributed by atoms with Crippen LogP contribution in [0.2, 0.25) is 0 Å². The van der Waals surface area contributed by atoms with E-state index in [2.05, 4.69) is 10.9 Å². The summed E-state index contributed by atoms with van der Waals surface area (Å²) < 4.78 is 18.7. The molecule has 3 amide bonds. The van der Waals surface area contributed by atoms with Crippen LogP contribution in [0.25, 0.3) is 0 Å². The molecule has 1 aliphatic heterocycles. The maximum Gasteiger partial charge on any atom is 0.265 e. The molecule has 1 fully saturated rings. The van der Waals surface area contributed by atoms with E-state index < -0.39 is 29.6 Å². The van der Waals surface area contributed by atoms with Gasteiger partial charge in [0.2, 0.25) is 5.91 Å². The van der Waals surface area contributed by atoms with Crippen molar-refractivity contribution in [1.29, 1.82) is 0 Å². The average Bonchev–Trinajstić information content (AvgIpc) is 3.07. The van der Waals surface area contributed by atoms with Gasteiger partial charge in [-0.25, -0.2) is 14.7 Å². The number of amides is 3. The average molecular weight is 419 g/mol. The molecule has 0 bridgehead atoms. The third-order valence-corrected chi connectivity index (χ3v) is 4.69. The van der Waals surface area contributed by atoms with Crippen LogP contribution >= 0.6 is 0 Å². The Morgan fingerprint density at radius 2 is 1.55 bits per heavy atom. The van der Waals surface area contributed by atoms with Gasteiger partial charge in [-0.2, -0.15) is 0 Å². The number of carbonyl (C=O) groups excluding carboxylic acids is 3. The highest BCUT2D eigenvalue weighted by molar-refractivity contribution is 6.22. The highest BCUT2D eigenvalue weighted by Crippen LogP contribution is 2.27. The molecular formula is C23H18FN3O4. The molecule has 31 heavy (non-hydrogen) atoms. The Labute approximate surface area is 177 Å². The zero-order valence-electron chi connectivity index (χ0n) is 16.2. The molecular weight excluding hydrogens is 401 g/mol. The normalized spacial score (nSPS) is 15.8. The molecule has 1 atom stereocenters. The van der Waals surface area contributed by atoms with Crippen molar-refractivity contribution in [2.75, 3.05) is 4.90 Å². The molecule has 4 rings (SSSR count). The summed E-state index contributed by atoms with van der Waals surface area (Å²) in [5, 5.41) is 0. The number of rotatable bonds is 6. The Morgan fingerprint density at radius 3 is 2.23 bits per heavy atom. The summed E-state index contributed by atoms with van der Waals surface area (Å²) in [6.45, 7) is 0. The van der Waals surface area contributed by atoms with Crippen molar-refractivity contribution in [3.63, 3.8) is 0 Å². The van der Waals surface area contributed by atoms with Gasteiger partial charge in [-0.3, -0.25) is 19.8 Å². The van der Waals surface area contributed by atoms with Crippen LogP contribution in [0.5, 0.6) is 11.5 Å². The first-order valence-electron chi connectivity index (χ1n) is 9.52. The molecule has 7 nitrogen and oxygen atoms in total. The summed E-state index contributed by atoms with van der Waals surface area (Å²) in [6, 6.07) is 19.8. The number of carbonyl (C=O) groups is 3. The van der Waals surface area contributed by atoms with Gasteiger partial charge in [0.15, 0.2) is 0 Å². The van der Waals surface area contributed by atoms with Crippen LogP contribution in [0.3, 0.4) is 0 Å². The van der Waals surface area contributed by atoms with Gasteiger partial charge in [0, 0.05) is 5.56 Å². The van der Waals surface area contributed by atoms with Gasteiger partial charge in [0.25, 0.3) is 11.8 Å². The first kappa shape index (κ1) is 20.2. The zero-order chi connectivity index (χ0) is 21.8. The summed E-state index contributed by atoms with van der Waals surface area (Å²) in [4.78, 5) is 38.3. The molecule has 0 spiro atoms. The van der Waals surface area contributed by atoms with Crippen molar-refractivity contribution in [1.82, 2.24) is 10.9 Å². The van der Waals surface area contributed by atoms with Crippen LogP contribution in [0.1, 0.15) is 16.8 Å². The summed E-state index contributed by atoms with van der Waals surface area (Å²) in [6.07, 6.45) is -0.106. The molecule has 1 aliphatic rings. The smallest absolute Gasteiger partial charge is 0.265 e. The van der Waals surface area contributed by atoms with E-state index in [0.29, 0.717) is 17.2 Å². The van der Waals surface area contributed by atoms with E-state index in [0.717, 1.165) is 17.0 Å². The maximum atomic E-state index is 13.0. The number of nitrogens with zero attached hydrogens (tertiary/aromatic N) is 1. The molecule has 3 aromatic carbocycles. The highest BCUT2D eigenvalue weighted by Gasteiger charge is 2.39. The number of para-hydroxylation sites is 1.